The van der Waals surface area contributed by atoms with Gasteiger partial charge in [-0.1, -0.05) is 35.0 Å². The molecule has 3 rings (SSSR count). The number of aromatic nitrogens is 3. The molecule has 7 nitrogen and oxygen atoms in total. The zero-order chi connectivity index (χ0) is 17.5. The Morgan fingerprint density at radius 1 is 1.16 bits per heavy atom. The van der Waals surface area contributed by atoms with Gasteiger partial charge >= 0.3 is 0 Å². The molecule has 0 aliphatic heterocycles. The molecule has 128 valence electrons. The van der Waals surface area contributed by atoms with Gasteiger partial charge in [-0.05, 0) is 24.3 Å². The molecule has 0 saturated carbocycles. The van der Waals surface area contributed by atoms with Crippen LogP contribution in [0.5, 0.6) is 0 Å². The SMILES string of the molecule is CN=C(NCc1ccccn1)NCc1nc(-c2cccc(Cl)c2)no1. The van der Waals surface area contributed by atoms with Crippen LogP contribution in [-0.4, -0.2) is 28.1 Å². The second kappa shape index (κ2) is 8.25. The molecule has 0 aliphatic rings. The van der Waals surface area contributed by atoms with Gasteiger partial charge in [0.25, 0.3) is 0 Å². The molecule has 0 saturated heterocycles. The van der Waals surface area contributed by atoms with Crippen molar-refractivity contribution in [3.05, 3.63) is 65.3 Å². The van der Waals surface area contributed by atoms with Crippen LogP contribution in [0.25, 0.3) is 11.4 Å². The first-order chi connectivity index (χ1) is 12.2. The fourth-order valence-corrected chi connectivity index (χ4v) is 2.32. The highest BCUT2D eigenvalue weighted by Crippen LogP contribution is 2.19. The average Bonchev–Trinajstić information content (AvgIpc) is 3.12. The number of hydrogen-bond acceptors (Lipinski definition) is 5. The lowest BCUT2D eigenvalue weighted by atomic mass is 10.2. The number of hydrogen-bond donors (Lipinski definition) is 2. The van der Waals surface area contributed by atoms with Crippen molar-refractivity contribution in [3.63, 3.8) is 0 Å². The maximum absolute atomic E-state index is 5.98. The molecule has 3 aromatic rings. The molecule has 25 heavy (non-hydrogen) atoms. The summed E-state index contributed by atoms with van der Waals surface area (Å²) in [7, 11) is 1.69. The van der Waals surface area contributed by atoms with Gasteiger partial charge in [0.15, 0.2) is 5.96 Å². The molecule has 2 N–H and O–H groups in total. The third-order valence-electron chi connectivity index (χ3n) is 3.34. The van der Waals surface area contributed by atoms with Gasteiger partial charge in [0, 0.05) is 23.8 Å². The summed E-state index contributed by atoms with van der Waals surface area (Å²) in [6.45, 7) is 0.924. The minimum atomic E-state index is 0.357. The molecular weight excluding hydrogens is 340 g/mol. The van der Waals surface area contributed by atoms with E-state index >= 15 is 0 Å². The fraction of sp³-hybridized carbons (Fsp3) is 0.176. The van der Waals surface area contributed by atoms with Crippen LogP contribution < -0.4 is 10.6 Å². The molecule has 1 aromatic carbocycles. The minimum Gasteiger partial charge on any atom is -0.351 e. The quantitative estimate of drug-likeness (QED) is 0.539. The number of guanidine groups is 1. The van der Waals surface area contributed by atoms with Crippen molar-refractivity contribution in [2.24, 2.45) is 4.99 Å². The highest BCUT2D eigenvalue weighted by atomic mass is 35.5. The lowest BCUT2D eigenvalue weighted by Crippen LogP contribution is -2.36. The Balaban J connectivity index is 1.55. The van der Waals surface area contributed by atoms with Gasteiger partial charge < -0.3 is 15.2 Å². The number of halogens is 1. The van der Waals surface area contributed by atoms with Gasteiger partial charge in [0.1, 0.15) is 0 Å². The first-order valence-corrected chi connectivity index (χ1v) is 8.05. The summed E-state index contributed by atoms with van der Waals surface area (Å²) in [5, 5.41) is 10.9. The topological polar surface area (TPSA) is 88.2 Å². The molecule has 0 fully saturated rings. The molecule has 8 heteroatoms. The van der Waals surface area contributed by atoms with Crippen LogP contribution in [-0.2, 0) is 13.1 Å². The average molecular weight is 357 g/mol. The van der Waals surface area contributed by atoms with Gasteiger partial charge in [0.05, 0.1) is 18.8 Å². The number of aliphatic imine (C=N–C) groups is 1. The molecule has 0 amide bonds. The van der Waals surface area contributed by atoms with Crippen molar-refractivity contribution in [1.82, 2.24) is 25.8 Å². The maximum atomic E-state index is 5.98. The number of benzene rings is 1. The molecule has 2 heterocycles. The molecule has 0 atom stereocenters. The molecule has 0 radical (unpaired) electrons. The Kier molecular flexibility index (Phi) is 5.58. The van der Waals surface area contributed by atoms with E-state index in [1.165, 1.54) is 0 Å². The predicted molar refractivity (Wildman–Crippen MR) is 96.0 cm³/mol. The first-order valence-electron chi connectivity index (χ1n) is 7.67. The van der Waals surface area contributed by atoms with Crippen molar-refractivity contribution in [2.45, 2.75) is 13.1 Å². The molecule has 0 unspecified atom stereocenters. The third-order valence-corrected chi connectivity index (χ3v) is 3.58. The summed E-state index contributed by atoms with van der Waals surface area (Å²) in [4.78, 5) is 12.8. The zero-order valence-corrected chi connectivity index (χ0v) is 14.4. The molecule has 2 aromatic heterocycles. The van der Waals surface area contributed by atoms with Crippen LogP contribution >= 0.6 is 11.6 Å². The van der Waals surface area contributed by atoms with Gasteiger partial charge in [-0.15, -0.1) is 0 Å². The van der Waals surface area contributed by atoms with E-state index in [-0.39, 0.29) is 0 Å². The van der Waals surface area contributed by atoms with Crippen LogP contribution in [0.2, 0.25) is 5.02 Å². The fourth-order valence-electron chi connectivity index (χ4n) is 2.13. The van der Waals surface area contributed by atoms with Crippen LogP contribution in [0.3, 0.4) is 0 Å². The maximum Gasteiger partial charge on any atom is 0.246 e. The second-order valence-electron chi connectivity index (χ2n) is 5.12. The lowest BCUT2D eigenvalue weighted by Gasteiger charge is -2.09. The standard InChI is InChI=1S/C17H17ClN6O/c1-19-17(21-10-14-7-2-3-8-20-14)22-11-15-23-16(24-25-15)12-5-4-6-13(18)9-12/h2-9H,10-11H2,1H3,(H2,19,21,22). The summed E-state index contributed by atoms with van der Waals surface area (Å²) in [6.07, 6.45) is 1.75. The van der Waals surface area contributed by atoms with E-state index in [1.807, 2.05) is 30.3 Å². The van der Waals surface area contributed by atoms with Crippen LogP contribution in [0.15, 0.2) is 58.2 Å². The number of nitrogens with zero attached hydrogens (tertiary/aromatic N) is 4. The largest absolute Gasteiger partial charge is 0.351 e. The second-order valence-corrected chi connectivity index (χ2v) is 5.56. The van der Waals surface area contributed by atoms with Crippen molar-refractivity contribution in [1.29, 1.82) is 0 Å². The van der Waals surface area contributed by atoms with Crippen LogP contribution in [0.4, 0.5) is 0 Å². The number of rotatable bonds is 5. The van der Waals surface area contributed by atoms with Crippen molar-refractivity contribution >= 4 is 17.6 Å². The van der Waals surface area contributed by atoms with E-state index in [1.54, 1.807) is 25.4 Å². The Morgan fingerprint density at radius 3 is 2.80 bits per heavy atom. The summed E-state index contributed by atoms with van der Waals surface area (Å²) in [5.41, 5.74) is 1.73. The van der Waals surface area contributed by atoms with E-state index in [4.69, 9.17) is 16.1 Å². The number of pyridine rings is 1. The van der Waals surface area contributed by atoms with Gasteiger partial charge in [0.2, 0.25) is 11.7 Å². The number of nitrogens with one attached hydrogen (secondary N) is 2. The van der Waals surface area contributed by atoms with E-state index in [0.29, 0.717) is 35.8 Å². The Labute approximate surface area is 150 Å². The molecule has 0 bridgehead atoms. The highest BCUT2D eigenvalue weighted by Gasteiger charge is 2.09. The summed E-state index contributed by atoms with van der Waals surface area (Å²) in [5.74, 6) is 1.57. The van der Waals surface area contributed by atoms with Crippen molar-refractivity contribution < 1.29 is 4.52 Å². The predicted octanol–water partition coefficient (Wildman–Crippen LogP) is 2.65. The van der Waals surface area contributed by atoms with Gasteiger partial charge in [-0.2, -0.15) is 4.98 Å². The molecule has 0 spiro atoms. The van der Waals surface area contributed by atoms with E-state index < -0.39 is 0 Å². The lowest BCUT2D eigenvalue weighted by molar-refractivity contribution is 0.375. The minimum absolute atomic E-state index is 0.357. The van der Waals surface area contributed by atoms with E-state index in [0.717, 1.165) is 11.3 Å². The zero-order valence-electron chi connectivity index (χ0n) is 13.6. The molecule has 0 aliphatic carbocycles. The summed E-state index contributed by atoms with van der Waals surface area (Å²) in [6, 6.07) is 13.1. The van der Waals surface area contributed by atoms with Crippen molar-refractivity contribution in [3.8, 4) is 11.4 Å². The molecular formula is C17H17ClN6O. The van der Waals surface area contributed by atoms with Gasteiger partial charge in [-0.25, -0.2) is 0 Å². The Hall–Kier alpha value is -2.93. The smallest absolute Gasteiger partial charge is 0.246 e. The Bertz CT molecular complexity index is 849. The van der Waals surface area contributed by atoms with E-state index in [9.17, 15) is 0 Å². The first kappa shape index (κ1) is 16.9. The van der Waals surface area contributed by atoms with E-state index in [2.05, 4.69) is 30.8 Å². The normalized spacial score (nSPS) is 11.4. The third kappa shape index (κ3) is 4.77. The van der Waals surface area contributed by atoms with Crippen LogP contribution in [0.1, 0.15) is 11.6 Å². The summed E-state index contributed by atoms with van der Waals surface area (Å²) >= 11 is 5.98. The highest BCUT2D eigenvalue weighted by molar-refractivity contribution is 6.30. The van der Waals surface area contributed by atoms with Crippen molar-refractivity contribution in [2.75, 3.05) is 7.05 Å². The Morgan fingerprint density at radius 2 is 2.04 bits per heavy atom. The monoisotopic (exact) mass is 356 g/mol. The summed E-state index contributed by atoms with van der Waals surface area (Å²) < 4.78 is 5.25. The van der Waals surface area contributed by atoms with Crippen LogP contribution in [0, 0.1) is 0 Å². The van der Waals surface area contributed by atoms with Gasteiger partial charge in [-0.3, -0.25) is 9.98 Å².